The summed E-state index contributed by atoms with van der Waals surface area (Å²) < 4.78 is 66.6. The van der Waals surface area contributed by atoms with Crippen LogP contribution in [0.3, 0.4) is 0 Å². The molecule has 0 fully saturated rings. The van der Waals surface area contributed by atoms with Gasteiger partial charge in [0.15, 0.2) is 23.3 Å². The van der Waals surface area contributed by atoms with Crippen LogP contribution >= 0.6 is 0 Å². The zero-order valence-corrected chi connectivity index (χ0v) is 10.6. The van der Waals surface area contributed by atoms with Gasteiger partial charge in [-0.05, 0) is 11.6 Å². The maximum absolute atomic E-state index is 13.7. The van der Waals surface area contributed by atoms with Gasteiger partial charge < -0.3 is 10.8 Å². The summed E-state index contributed by atoms with van der Waals surface area (Å²) in [5, 5.41) is 8.61. The minimum atomic E-state index is -2.29. The summed E-state index contributed by atoms with van der Waals surface area (Å²) >= 11 is 0. The van der Waals surface area contributed by atoms with Gasteiger partial charge in [-0.15, -0.1) is 0 Å². The van der Waals surface area contributed by atoms with Gasteiger partial charge in [-0.3, -0.25) is 9.78 Å². The number of pyridine rings is 1. The highest BCUT2D eigenvalue weighted by Crippen LogP contribution is 2.33. The Balaban J connectivity index is 2.65. The van der Waals surface area contributed by atoms with E-state index >= 15 is 0 Å². The summed E-state index contributed by atoms with van der Waals surface area (Å²) in [4.78, 5) is 14.1. The molecule has 0 spiro atoms. The second-order valence-electron chi connectivity index (χ2n) is 4.30. The van der Waals surface area contributed by atoms with E-state index in [1.807, 2.05) is 0 Å². The average molecular weight is 318 g/mol. The third-order valence-electron chi connectivity index (χ3n) is 2.78. The van der Waals surface area contributed by atoms with Crippen molar-refractivity contribution >= 4 is 11.7 Å². The van der Waals surface area contributed by atoms with Gasteiger partial charge in [0.2, 0.25) is 5.82 Å². The zero-order valence-electron chi connectivity index (χ0n) is 10.6. The molecule has 0 amide bonds. The van der Waals surface area contributed by atoms with Gasteiger partial charge in [0, 0.05) is 6.20 Å². The number of aliphatic carboxylic acids is 1. The summed E-state index contributed by atoms with van der Waals surface area (Å²) in [6.45, 7) is 0. The van der Waals surface area contributed by atoms with Crippen LogP contribution in [0.5, 0.6) is 0 Å². The van der Waals surface area contributed by atoms with E-state index in [0.717, 1.165) is 12.3 Å². The number of hydrogen-bond acceptors (Lipinski definition) is 3. The predicted octanol–water partition coefficient (Wildman–Crippen LogP) is 2.65. The number of carboxylic acid groups (broad SMARTS) is 1. The number of nitrogens with two attached hydrogens (primary N) is 1. The molecule has 22 heavy (non-hydrogen) atoms. The van der Waals surface area contributed by atoms with Crippen molar-refractivity contribution in [2.24, 2.45) is 0 Å². The molecule has 9 heteroatoms. The normalized spacial score (nSPS) is 10.8. The second kappa shape index (κ2) is 5.58. The Labute approximate surface area is 120 Å². The molecule has 0 atom stereocenters. The van der Waals surface area contributed by atoms with Crippen LogP contribution < -0.4 is 5.73 Å². The van der Waals surface area contributed by atoms with Crippen molar-refractivity contribution in [3.05, 3.63) is 46.9 Å². The van der Waals surface area contributed by atoms with Gasteiger partial charge in [0.25, 0.3) is 0 Å². The van der Waals surface area contributed by atoms with Crippen LogP contribution in [0.4, 0.5) is 27.6 Å². The fourth-order valence-corrected chi connectivity index (χ4v) is 1.82. The lowest BCUT2D eigenvalue weighted by Gasteiger charge is -2.10. The maximum atomic E-state index is 13.7. The van der Waals surface area contributed by atoms with Gasteiger partial charge in [-0.2, -0.15) is 0 Å². The highest BCUT2D eigenvalue weighted by Gasteiger charge is 2.28. The van der Waals surface area contributed by atoms with E-state index in [9.17, 15) is 26.7 Å². The van der Waals surface area contributed by atoms with Gasteiger partial charge in [-0.1, -0.05) is 0 Å². The number of rotatable bonds is 3. The van der Waals surface area contributed by atoms with Crippen LogP contribution in [0.1, 0.15) is 5.56 Å². The highest BCUT2D eigenvalue weighted by atomic mass is 19.2. The van der Waals surface area contributed by atoms with E-state index in [2.05, 4.69) is 4.98 Å². The average Bonchev–Trinajstić information content (AvgIpc) is 2.45. The molecule has 4 nitrogen and oxygen atoms in total. The number of aromatic nitrogens is 1. The molecular formula is C13H7F5N2O2. The molecule has 116 valence electrons. The minimum Gasteiger partial charge on any atom is -0.481 e. The first-order valence-electron chi connectivity index (χ1n) is 5.72. The lowest BCUT2D eigenvalue weighted by molar-refractivity contribution is -0.136. The van der Waals surface area contributed by atoms with Gasteiger partial charge >= 0.3 is 5.97 Å². The van der Waals surface area contributed by atoms with E-state index in [1.54, 1.807) is 0 Å². The van der Waals surface area contributed by atoms with E-state index in [1.165, 1.54) is 0 Å². The molecule has 1 heterocycles. The monoisotopic (exact) mass is 318 g/mol. The van der Waals surface area contributed by atoms with E-state index in [-0.39, 0.29) is 5.56 Å². The first-order valence-corrected chi connectivity index (χ1v) is 5.72. The van der Waals surface area contributed by atoms with Gasteiger partial charge in [-0.25, -0.2) is 22.0 Å². The lowest BCUT2D eigenvalue weighted by atomic mass is 10.1. The highest BCUT2D eigenvalue weighted by molar-refractivity contribution is 5.76. The Morgan fingerprint density at radius 1 is 1.05 bits per heavy atom. The molecule has 3 N–H and O–H groups in total. The van der Waals surface area contributed by atoms with Crippen LogP contribution in [-0.4, -0.2) is 16.1 Å². The number of carboxylic acids is 1. The van der Waals surface area contributed by atoms with Crippen molar-refractivity contribution < 1.29 is 31.9 Å². The topological polar surface area (TPSA) is 76.2 Å². The molecule has 1 aromatic carbocycles. The van der Waals surface area contributed by atoms with Crippen molar-refractivity contribution in [3.8, 4) is 11.3 Å². The quantitative estimate of drug-likeness (QED) is 0.518. The minimum absolute atomic E-state index is 0.109. The van der Waals surface area contributed by atoms with Crippen LogP contribution in [0, 0.1) is 29.1 Å². The summed E-state index contributed by atoms with van der Waals surface area (Å²) in [7, 11) is 0. The number of benzene rings is 1. The molecule has 0 aliphatic heterocycles. The van der Waals surface area contributed by atoms with Crippen molar-refractivity contribution in [2.45, 2.75) is 6.42 Å². The van der Waals surface area contributed by atoms with Crippen LogP contribution in [0.25, 0.3) is 11.3 Å². The van der Waals surface area contributed by atoms with Crippen molar-refractivity contribution in [1.82, 2.24) is 4.98 Å². The molecule has 0 aliphatic rings. The summed E-state index contributed by atoms with van der Waals surface area (Å²) in [6, 6.07) is 1.04. The third-order valence-corrected chi connectivity index (χ3v) is 2.78. The molecule has 1 aromatic heterocycles. The largest absolute Gasteiger partial charge is 0.481 e. The Bertz CT molecular complexity index is 751. The molecule has 0 unspecified atom stereocenters. The van der Waals surface area contributed by atoms with E-state index in [4.69, 9.17) is 10.8 Å². The summed E-state index contributed by atoms with van der Waals surface area (Å²) in [5.74, 6) is -11.9. The van der Waals surface area contributed by atoms with Crippen molar-refractivity contribution in [1.29, 1.82) is 0 Å². The molecule has 2 rings (SSSR count). The fourth-order valence-electron chi connectivity index (χ4n) is 1.82. The summed E-state index contributed by atoms with van der Waals surface area (Å²) in [6.07, 6.45) is 0.465. The predicted molar refractivity (Wildman–Crippen MR) is 65.2 cm³/mol. The molecule has 0 radical (unpaired) electrons. The summed E-state index contributed by atoms with van der Waals surface area (Å²) in [5.41, 5.74) is 3.24. The molecule has 0 saturated heterocycles. The number of nitrogens with zero attached hydrogens (tertiary/aromatic N) is 1. The molecule has 2 aromatic rings. The van der Waals surface area contributed by atoms with Gasteiger partial charge in [0.1, 0.15) is 0 Å². The number of nitrogen functional groups attached to an aromatic ring is 1. The first-order chi connectivity index (χ1) is 10.2. The maximum Gasteiger partial charge on any atom is 0.307 e. The van der Waals surface area contributed by atoms with Crippen molar-refractivity contribution in [2.75, 3.05) is 5.73 Å². The van der Waals surface area contributed by atoms with Crippen LogP contribution in [0.2, 0.25) is 0 Å². The van der Waals surface area contributed by atoms with Gasteiger partial charge in [0.05, 0.1) is 23.4 Å². The Morgan fingerprint density at radius 3 is 2.00 bits per heavy atom. The Kier molecular flexibility index (Phi) is 3.98. The lowest BCUT2D eigenvalue weighted by Crippen LogP contribution is -2.08. The number of anilines is 1. The van der Waals surface area contributed by atoms with E-state index in [0.29, 0.717) is 0 Å². The standard InChI is InChI=1S/C13H7F5N2O2/c14-8-7(9(15)11(17)12(18)10(8)16)13-5(19)1-4(3-20-13)2-6(21)22/h1,3H,2,19H2,(H,21,22). The molecule has 0 saturated carbocycles. The fraction of sp³-hybridized carbons (Fsp3) is 0.0769. The van der Waals surface area contributed by atoms with Crippen LogP contribution in [0.15, 0.2) is 12.3 Å². The third kappa shape index (κ3) is 2.57. The Hall–Kier alpha value is -2.71. The molecular weight excluding hydrogens is 311 g/mol. The van der Waals surface area contributed by atoms with Crippen LogP contribution in [-0.2, 0) is 11.2 Å². The zero-order chi connectivity index (χ0) is 16.6. The number of halogens is 5. The SMILES string of the molecule is Nc1cc(CC(=O)O)cnc1-c1c(F)c(F)c(F)c(F)c1F. The van der Waals surface area contributed by atoms with E-state index < -0.39 is 58.4 Å². The number of carbonyl (C=O) groups is 1. The van der Waals surface area contributed by atoms with Crippen molar-refractivity contribution in [3.63, 3.8) is 0 Å². The molecule has 0 aliphatic carbocycles. The Morgan fingerprint density at radius 2 is 1.55 bits per heavy atom. The first kappa shape index (κ1) is 15.7. The molecule has 0 bridgehead atoms. The second-order valence-corrected chi connectivity index (χ2v) is 4.30. The number of hydrogen-bond donors (Lipinski definition) is 2. The smallest absolute Gasteiger partial charge is 0.307 e.